The van der Waals surface area contributed by atoms with E-state index in [0.29, 0.717) is 18.2 Å². The molecule has 0 fully saturated rings. The first-order chi connectivity index (χ1) is 10.0. The van der Waals surface area contributed by atoms with Crippen molar-refractivity contribution in [1.82, 2.24) is 10.2 Å². The van der Waals surface area contributed by atoms with Gasteiger partial charge in [-0.25, -0.2) is 9.18 Å². The molecule has 0 aliphatic rings. The van der Waals surface area contributed by atoms with Crippen LogP contribution >= 0.6 is 11.3 Å². The Morgan fingerprint density at radius 3 is 2.71 bits per heavy atom. The number of ether oxygens (including phenoxy) is 1. The Kier molecular flexibility index (Phi) is 5.21. The molecule has 7 heteroatoms. The SMILES string of the molecule is CC(C)COC(=O)Nc1nnc(Cc2ccc(F)cc2)s1. The number of hydrogen-bond acceptors (Lipinski definition) is 5. The summed E-state index contributed by atoms with van der Waals surface area (Å²) in [4.78, 5) is 11.5. The Morgan fingerprint density at radius 1 is 1.33 bits per heavy atom. The summed E-state index contributed by atoms with van der Waals surface area (Å²) in [5, 5.41) is 11.5. The summed E-state index contributed by atoms with van der Waals surface area (Å²) < 4.78 is 17.8. The summed E-state index contributed by atoms with van der Waals surface area (Å²) in [5.74, 6) is 0.00507. The zero-order chi connectivity index (χ0) is 15.2. The number of halogens is 1. The molecule has 1 heterocycles. The largest absolute Gasteiger partial charge is 0.449 e. The van der Waals surface area contributed by atoms with Crippen molar-refractivity contribution in [3.05, 3.63) is 40.7 Å². The number of rotatable bonds is 5. The van der Waals surface area contributed by atoms with Crippen molar-refractivity contribution in [2.24, 2.45) is 5.92 Å². The molecule has 0 bridgehead atoms. The smallest absolute Gasteiger partial charge is 0.413 e. The molecule has 0 aliphatic carbocycles. The fourth-order valence-electron chi connectivity index (χ4n) is 1.52. The lowest BCUT2D eigenvalue weighted by Gasteiger charge is -2.06. The van der Waals surface area contributed by atoms with Crippen LogP contribution < -0.4 is 5.32 Å². The van der Waals surface area contributed by atoms with Gasteiger partial charge in [-0.3, -0.25) is 5.32 Å². The molecule has 0 atom stereocenters. The minimum Gasteiger partial charge on any atom is -0.449 e. The average Bonchev–Trinajstić information content (AvgIpc) is 2.86. The number of anilines is 1. The topological polar surface area (TPSA) is 64.1 Å². The molecule has 0 saturated carbocycles. The van der Waals surface area contributed by atoms with Gasteiger partial charge in [-0.05, 0) is 23.6 Å². The molecule has 1 aromatic heterocycles. The first kappa shape index (κ1) is 15.4. The molecule has 0 spiro atoms. The number of nitrogens with zero attached hydrogens (tertiary/aromatic N) is 2. The molecule has 1 amide bonds. The molecule has 0 radical (unpaired) electrons. The van der Waals surface area contributed by atoms with Gasteiger partial charge in [0, 0.05) is 6.42 Å². The molecule has 0 aliphatic heterocycles. The van der Waals surface area contributed by atoms with E-state index in [1.54, 1.807) is 12.1 Å². The summed E-state index contributed by atoms with van der Waals surface area (Å²) in [6.07, 6.45) is 0.00824. The lowest BCUT2D eigenvalue weighted by molar-refractivity contribution is 0.147. The van der Waals surface area contributed by atoms with Crippen LogP contribution in [-0.2, 0) is 11.2 Å². The maximum absolute atomic E-state index is 12.8. The van der Waals surface area contributed by atoms with E-state index in [9.17, 15) is 9.18 Å². The third-order valence-electron chi connectivity index (χ3n) is 2.49. The second-order valence-electron chi connectivity index (χ2n) is 4.92. The first-order valence-corrected chi connectivity index (χ1v) is 7.35. The Balaban J connectivity index is 1.89. The van der Waals surface area contributed by atoms with Gasteiger partial charge in [-0.1, -0.05) is 37.3 Å². The van der Waals surface area contributed by atoms with Gasteiger partial charge in [0.15, 0.2) is 0 Å². The lowest BCUT2D eigenvalue weighted by atomic mass is 10.2. The Hall–Kier alpha value is -2.02. The van der Waals surface area contributed by atoms with Crippen LogP contribution in [0.15, 0.2) is 24.3 Å². The van der Waals surface area contributed by atoms with E-state index in [4.69, 9.17) is 4.74 Å². The van der Waals surface area contributed by atoms with Gasteiger partial charge in [0.2, 0.25) is 5.13 Å². The van der Waals surface area contributed by atoms with Crippen molar-refractivity contribution >= 4 is 22.6 Å². The monoisotopic (exact) mass is 309 g/mol. The summed E-state index contributed by atoms with van der Waals surface area (Å²) in [6, 6.07) is 6.19. The predicted octanol–water partition coefficient (Wildman–Crippen LogP) is 3.47. The van der Waals surface area contributed by atoms with Crippen molar-refractivity contribution < 1.29 is 13.9 Å². The zero-order valence-electron chi connectivity index (χ0n) is 11.8. The van der Waals surface area contributed by atoms with Crippen molar-refractivity contribution in [3.63, 3.8) is 0 Å². The molecule has 112 valence electrons. The van der Waals surface area contributed by atoms with Crippen LogP contribution in [0.5, 0.6) is 0 Å². The van der Waals surface area contributed by atoms with Crippen LogP contribution in [0.1, 0.15) is 24.4 Å². The third-order valence-corrected chi connectivity index (χ3v) is 3.33. The summed E-state index contributed by atoms with van der Waals surface area (Å²) in [6.45, 7) is 4.27. The number of carbonyl (C=O) groups is 1. The van der Waals surface area contributed by atoms with Gasteiger partial charge >= 0.3 is 6.09 Å². The van der Waals surface area contributed by atoms with Gasteiger partial charge in [0.1, 0.15) is 10.8 Å². The molecule has 0 unspecified atom stereocenters. The number of amides is 1. The van der Waals surface area contributed by atoms with Gasteiger partial charge in [0.05, 0.1) is 6.61 Å². The van der Waals surface area contributed by atoms with Crippen LogP contribution in [0.3, 0.4) is 0 Å². The van der Waals surface area contributed by atoms with Crippen molar-refractivity contribution in [1.29, 1.82) is 0 Å². The van der Waals surface area contributed by atoms with E-state index in [1.165, 1.54) is 23.5 Å². The fourth-order valence-corrected chi connectivity index (χ4v) is 2.28. The average molecular weight is 309 g/mol. The Morgan fingerprint density at radius 2 is 2.05 bits per heavy atom. The first-order valence-electron chi connectivity index (χ1n) is 6.53. The molecular weight excluding hydrogens is 293 g/mol. The van der Waals surface area contributed by atoms with E-state index in [1.807, 2.05) is 13.8 Å². The van der Waals surface area contributed by atoms with Crippen molar-refractivity contribution in [3.8, 4) is 0 Å². The minimum atomic E-state index is -0.534. The second-order valence-corrected chi connectivity index (χ2v) is 5.98. The van der Waals surface area contributed by atoms with Gasteiger partial charge < -0.3 is 4.74 Å². The second kappa shape index (κ2) is 7.12. The number of hydrogen-bond donors (Lipinski definition) is 1. The van der Waals surface area contributed by atoms with Gasteiger partial charge in [-0.15, -0.1) is 10.2 Å². The molecule has 1 N–H and O–H groups in total. The van der Waals surface area contributed by atoms with Crippen LogP contribution in [0.4, 0.5) is 14.3 Å². The van der Waals surface area contributed by atoms with E-state index < -0.39 is 6.09 Å². The Labute approximate surface area is 126 Å². The van der Waals surface area contributed by atoms with Gasteiger partial charge in [-0.2, -0.15) is 0 Å². The maximum atomic E-state index is 12.8. The highest BCUT2D eigenvalue weighted by Gasteiger charge is 2.10. The number of aromatic nitrogens is 2. The van der Waals surface area contributed by atoms with Crippen molar-refractivity contribution in [2.75, 3.05) is 11.9 Å². The van der Waals surface area contributed by atoms with Crippen LogP contribution in [0.2, 0.25) is 0 Å². The fraction of sp³-hybridized carbons (Fsp3) is 0.357. The summed E-state index contributed by atoms with van der Waals surface area (Å²) in [7, 11) is 0. The minimum absolute atomic E-state index is 0.272. The van der Waals surface area contributed by atoms with E-state index in [0.717, 1.165) is 10.6 Å². The molecule has 2 rings (SSSR count). The van der Waals surface area contributed by atoms with Crippen LogP contribution in [0.25, 0.3) is 0 Å². The summed E-state index contributed by atoms with van der Waals surface area (Å²) in [5.41, 5.74) is 0.932. The van der Waals surface area contributed by atoms with Crippen LogP contribution in [-0.4, -0.2) is 22.9 Å². The lowest BCUT2D eigenvalue weighted by Crippen LogP contribution is -2.16. The molecular formula is C14H16FN3O2S. The molecule has 2 aromatic rings. The quantitative estimate of drug-likeness (QED) is 0.918. The predicted molar refractivity (Wildman–Crippen MR) is 78.9 cm³/mol. The third kappa shape index (κ3) is 5.11. The van der Waals surface area contributed by atoms with E-state index in [2.05, 4.69) is 15.5 Å². The zero-order valence-corrected chi connectivity index (χ0v) is 12.6. The molecule has 21 heavy (non-hydrogen) atoms. The number of benzene rings is 1. The van der Waals surface area contributed by atoms with E-state index >= 15 is 0 Å². The van der Waals surface area contributed by atoms with E-state index in [-0.39, 0.29) is 11.7 Å². The normalized spacial score (nSPS) is 10.7. The highest BCUT2D eigenvalue weighted by molar-refractivity contribution is 7.15. The van der Waals surface area contributed by atoms with Crippen molar-refractivity contribution in [2.45, 2.75) is 20.3 Å². The number of nitrogens with one attached hydrogen (secondary N) is 1. The molecule has 0 saturated heterocycles. The highest BCUT2D eigenvalue weighted by atomic mass is 32.1. The molecule has 1 aromatic carbocycles. The Bertz CT molecular complexity index is 599. The highest BCUT2D eigenvalue weighted by Crippen LogP contribution is 2.19. The number of carbonyl (C=O) groups excluding carboxylic acids is 1. The standard InChI is InChI=1S/C14H16FN3O2S/c1-9(2)8-20-14(19)16-13-18-17-12(21-13)7-10-3-5-11(15)6-4-10/h3-6,9H,7-8H2,1-2H3,(H,16,18,19). The molecule has 5 nitrogen and oxygen atoms in total. The van der Waals surface area contributed by atoms with Crippen LogP contribution in [0, 0.1) is 11.7 Å². The maximum Gasteiger partial charge on any atom is 0.413 e. The summed E-state index contributed by atoms with van der Waals surface area (Å²) >= 11 is 1.27. The van der Waals surface area contributed by atoms with Gasteiger partial charge in [0.25, 0.3) is 0 Å².